The average molecular weight is 448 g/mol. The fourth-order valence-electron chi connectivity index (χ4n) is 3.42. The lowest BCUT2D eigenvalue weighted by Gasteiger charge is -2.26. The van der Waals surface area contributed by atoms with Gasteiger partial charge in [0.2, 0.25) is 0 Å². The Morgan fingerprint density at radius 2 is 1.73 bits per heavy atom. The second-order valence-electron chi connectivity index (χ2n) is 7.02. The molecule has 1 saturated heterocycles. The third kappa shape index (κ3) is 4.35. The Balaban J connectivity index is 2.14. The summed E-state index contributed by atoms with van der Waals surface area (Å²) in [5.41, 5.74) is 1.69. The molecule has 30 heavy (non-hydrogen) atoms. The Morgan fingerprint density at radius 1 is 1.07 bits per heavy atom. The van der Waals surface area contributed by atoms with Crippen LogP contribution in [0.2, 0.25) is 10.0 Å². The van der Waals surface area contributed by atoms with Gasteiger partial charge in [0.05, 0.1) is 11.6 Å². The molecule has 8 heteroatoms. The summed E-state index contributed by atoms with van der Waals surface area (Å²) in [5.74, 6) is -2.98. The molecule has 0 bridgehead atoms. The highest BCUT2D eigenvalue weighted by Gasteiger charge is 2.46. The van der Waals surface area contributed by atoms with Gasteiger partial charge in [0.1, 0.15) is 5.76 Å². The Labute approximate surface area is 183 Å². The van der Waals surface area contributed by atoms with E-state index in [1.54, 1.807) is 36.4 Å². The topological polar surface area (TPSA) is 94.9 Å². The van der Waals surface area contributed by atoms with Crippen LogP contribution in [0.1, 0.15) is 35.6 Å². The quantitative estimate of drug-likeness (QED) is 0.383. The summed E-state index contributed by atoms with van der Waals surface area (Å²) in [7, 11) is 0. The van der Waals surface area contributed by atoms with Crippen LogP contribution in [-0.2, 0) is 14.4 Å². The Morgan fingerprint density at radius 3 is 2.33 bits per heavy atom. The van der Waals surface area contributed by atoms with Gasteiger partial charge in [-0.15, -0.1) is 0 Å². The van der Waals surface area contributed by atoms with E-state index in [-0.39, 0.29) is 35.7 Å². The number of carbonyl (C=O) groups is 3. The van der Waals surface area contributed by atoms with Crippen molar-refractivity contribution in [2.24, 2.45) is 0 Å². The molecule has 0 saturated carbocycles. The first-order valence-corrected chi connectivity index (χ1v) is 9.98. The minimum atomic E-state index is -1.01. The maximum absolute atomic E-state index is 12.9. The Hall–Kier alpha value is -2.83. The van der Waals surface area contributed by atoms with Gasteiger partial charge in [-0.1, -0.05) is 59.1 Å². The smallest absolute Gasteiger partial charge is 0.303 e. The fraction of sp³-hybridized carbons (Fsp3) is 0.227. The SMILES string of the molecule is Cc1ccc(/C(O)=C2\C(=O)C(=O)N(CCCC(=O)O)C2c2ccc(Cl)cc2Cl)cc1. The number of Topliss-reactive ketones (excluding diaryl/α,β-unsaturated/α-hetero) is 1. The van der Waals surface area contributed by atoms with E-state index in [0.717, 1.165) is 5.56 Å². The van der Waals surface area contributed by atoms with E-state index in [0.29, 0.717) is 16.1 Å². The van der Waals surface area contributed by atoms with Crippen LogP contribution in [0, 0.1) is 6.92 Å². The second-order valence-corrected chi connectivity index (χ2v) is 7.87. The highest BCUT2D eigenvalue weighted by atomic mass is 35.5. The standard InChI is InChI=1S/C22H19Cl2NO5/c1-12-4-6-13(7-5-12)20(28)18-19(15-9-8-14(23)11-16(15)24)25(22(30)21(18)29)10-2-3-17(26)27/h4-9,11,19,28H,2-3,10H2,1H3,(H,26,27)/b20-18+. The number of aliphatic hydroxyl groups excluding tert-OH is 1. The first kappa shape index (κ1) is 21.9. The predicted octanol–water partition coefficient (Wildman–Crippen LogP) is 4.59. The molecule has 1 amide bonds. The summed E-state index contributed by atoms with van der Waals surface area (Å²) in [6.45, 7) is 1.91. The van der Waals surface area contributed by atoms with Crippen molar-refractivity contribution in [2.45, 2.75) is 25.8 Å². The first-order chi connectivity index (χ1) is 14.2. The van der Waals surface area contributed by atoms with Gasteiger partial charge in [-0.25, -0.2) is 0 Å². The van der Waals surface area contributed by atoms with Crippen LogP contribution in [0.15, 0.2) is 48.0 Å². The number of aliphatic carboxylic acids is 1. The number of likely N-dealkylation sites (tertiary alicyclic amines) is 1. The molecule has 2 aromatic carbocycles. The summed E-state index contributed by atoms with van der Waals surface area (Å²) in [5, 5.41) is 20.5. The van der Waals surface area contributed by atoms with Crippen molar-refractivity contribution in [1.82, 2.24) is 4.90 Å². The molecule has 1 fully saturated rings. The maximum Gasteiger partial charge on any atom is 0.303 e. The highest BCUT2D eigenvalue weighted by Crippen LogP contribution is 2.42. The third-order valence-electron chi connectivity index (χ3n) is 4.91. The molecule has 0 aromatic heterocycles. The lowest BCUT2D eigenvalue weighted by Crippen LogP contribution is -2.31. The average Bonchev–Trinajstić information content (AvgIpc) is 2.93. The van der Waals surface area contributed by atoms with Crippen molar-refractivity contribution in [3.05, 3.63) is 74.8 Å². The molecule has 1 unspecified atom stereocenters. The van der Waals surface area contributed by atoms with Crippen LogP contribution in [-0.4, -0.2) is 39.3 Å². The number of aryl methyl sites for hydroxylation is 1. The van der Waals surface area contributed by atoms with Crippen LogP contribution < -0.4 is 0 Å². The number of halogens is 2. The second kappa shape index (κ2) is 8.90. The van der Waals surface area contributed by atoms with Crippen molar-refractivity contribution in [2.75, 3.05) is 6.54 Å². The number of carbonyl (C=O) groups excluding carboxylic acids is 2. The van der Waals surface area contributed by atoms with E-state index in [4.69, 9.17) is 28.3 Å². The number of nitrogens with zero attached hydrogens (tertiary/aromatic N) is 1. The maximum atomic E-state index is 12.9. The molecule has 1 heterocycles. The number of amides is 1. The van der Waals surface area contributed by atoms with Gasteiger partial charge in [0, 0.05) is 28.6 Å². The predicted molar refractivity (Wildman–Crippen MR) is 114 cm³/mol. The molecular formula is C22H19Cl2NO5. The molecule has 0 radical (unpaired) electrons. The molecule has 3 rings (SSSR count). The van der Waals surface area contributed by atoms with E-state index < -0.39 is 23.7 Å². The zero-order valence-corrected chi connectivity index (χ0v) is 17.6. The van der Waals surface area contributed by atoms with Crippen molar-refractivity contribution in [1.29, 1.82) is 0 Å². The first-order valence-electron chi connectivity index (χ1n) is 9.23. The number of rotatable bonds is 6. The Kier molecular flexibility index (Phi) is 6.48. The van der Waals surface area contributed by atoms with E-state index in [9.17, 15) is 19.5 Å². The van der Waals surface area contributed by atoms with Crippen molar-refractivity contribution in [3.63, 3.8) is 0 Å². The van der Waals surface area contributed by atoms with Crippen LogP contribution in [0.25, 0.3) is 5.76 Å². The van der Waals surface area contributed by atoms with Crippen LogP contribution >= 0.6 is 23.2 Å². The van der Waals surface area contributed by atoms with E-state index >= 15 is 0 Å². The van der Waals surface area contributed by atoms with Crippen molar-refractivity contribution in [3.8, 4) is 0 Å². The minimum absolute atomic E-state index is 0.0190. The molecule has 1 aliphatic rings. The molecule has 6 nitrogen and oxygen atoms in total. The number of hydrogen-bond acceptors (Lipinski definition) is 4. The number of carboxylic acid groups (broad SMARTS) is 1. The normalized spacial score (nSPS) is 18.1. The van der Waals surface area contributed by atoms with E-state index in [1.807, 2.05) is 6.92 Å². The number of ketones is 1. The van der Waals surface area contributed by atoms with Gasteiger partial charge in [-0.3, -0.25) is 14.4 Å². The molecular weight excluding hydrogens is 429 g/mol. The summed E-state index contributed by atoms with van der Waals surface area (Å²) in [6.07, 6.45) is -0.0172. The number of carboxylic acids is 1. The van der Waals surface area contributed by atoms with Crippen molar-refractivity contribution >= 4 is 46.6 Å². The van der Waals surface area contributed by atoms with Gasteiger partial charge < -0.3 is 15.1 Å². The fourth-order valence-corrected chi connectivity index (χ4v) is 3.94. The van der Waals surface area contributed by atoms with Gasteiger partial charge in [0.25, 0.3) is 11.7 Å². The van der Waals surface area contributed by atoms with Crippen molar-refractivity contribution < 1.29 is 24.6 Å². The monoisotopic (exact) mass is 447 g/mol. The minimum Gasteiger partial charge on any atom is -0.507 e. The summed E-state index contributed by atoms with van der Waals surface area (Å²) < 4.78 is 0. The largest absolute Gasteiger partial charge is 0.507 e. The van der Waals surface area contributed by atoms with Crippen LogP contribution in [0.4, 0.5) is 0 Å². The van der Waals surface area contributed by atoms with E-state index in [1.165, 1.54) is 11.0 Å². The van der Waals surface area contributed by atoms with Crippen LogP contribution in [0.3, 0.4) is 0 Å². The molecule has 0 spiro atoms. The number of aliphatic hydroxyl groups is 1. The molecule has 2 aromatic rings. The Bertz CT molecular complexity index is 1050. The van der Waals surface area contributed by atoms with Gasteiger partial charge >= 0.3 is 5.97 Å². The highest BCUT2D eigenvalue weighted by molar-refractivity contribution is 6.47. The summed E-state index contributed by atoms with van der Waals surface area (Å²) in [4.78, 5) is 37.8. The van der Waals surface area contributed by atoms with E-state index in [2.05, 4.69) is 0 Å². The zero-order chi connectivity index (χ0) is 22.0. The number of hydrogen-bond donors (Lipinski definition) is 2. The van der Waals surface area contributed by atoms with Crippen LogP contribution in [0.5, 0.6) is 0 Å². The lowest BCUT2D eigenvalue weighted by atomic mass is 9.95. The third-order valence-corrected chi connectivity index (χ3v) is 5.47. The molecule has 156 valence electrons. The van der Waals surface area contributed by atoms with Gasteiger partial charge in [-0.2, -0.15) is 0 Å². The molecule has 1 aliphatic heterocycles. The molecule has 1 atom stereocenters. The zero-order valence-electron chi connectivity index (χ0n) is 16.1. The molecule has 0 aliphatic carbocycles. The lowest BCUT2D eigenvalue weighted by molar-refractivity contribution is -0.140. The number of benzene rings is 2. The van der Waals surface area contributed by atoms with Gasteiger partial charge in [-0.05, 0) is 31.0 Å². The molecule has 2 N–H and O–H groups in total. The summed E-state index contributed by atoms with van der Waals surface area (Å²) in [6, 6.07) is 10.6. The summed E-state index contributed by atoms with van der Waals surface area (Å²) >= 11 is 12.3. The van der Waals surface area contributed by atoms with Gasteiger partial charge in [0.15, 0.2) is 0 Å².